The van der Waals surface area contributed by atoms with Crippen molar-refractivity contribution in [1.29, 1.82) is 5.26 Å². The maximum Gasteiger partial charge on any atom is 0.236 e. The van der Waals surface area contributed by atoms with E-state index in [1.807, 2.05) is 6.92 Å². The molecular weight excluding hydrogens is 342 g/mol. The van der Waals surface area contributed by atoms with Crippen LogP contribution in [-0.4, -0.2) is 44.9 Å². The smallest absolute Gasteiger partial charge is 0.236 e. The molecule has 1 heterocycles. The van der Waals surface area contributed by atoms with Crippen molar-refractivity contribution in [3.05, 3.63) is 0 Å². The highest BCUT2D eigenvalue weighted by Gasteiger charge is 2.40. The topological polar surface area (TPSA) is 81.9 Å². The van der Waals surface area contributed by atoms with E-state index in [1.54, 1.807) is 11.9 Å². The average molecular weight is 366 g/mol. The third-order valence-corrected chi connectivity index (χ3v) is 6.82. The van der Waals surface area contributed by atoms with Gasteiger partial charge in [0.2, 0.25) is 11.0 Å². The fraction of sp³-hybridized carbons (Fsp3) is 0.750. The molecule has 24 heavy (non-hydrogen) atoms. The number of nitriles is 1. The SMILES string of the molecule is C[C@@H](Sc1nnc(NC2CC2)s1)C(=O)N(C)C1(C#N)CCCCC1. The molecule has 1 amide bonds. The highest BCUT2D eigenvalue weighted by Crippen LogP contribution is 2.36. The Labute approximate surface area is 151 Å². The Morgan fingerprint density at radius 2 is 2.12 bits per heavy atom. The fourth-order valence-electron chi connectivity index (χ4n) is 3.06. The molecule has 130 valence electrons. The second kappa shape index (κ2) is 7.28. The lowest BCUT2D eigenvalue weighted by Crippen LogP contribution is -2.52. The van der Waals surface area contributed by atoms with Crippen LogP contribution in [0.3, 0.4) is 0 Å². The highest BCUT2D eigenvalue weighted by molar-refractivity contribution is 8.02. The van der Waals surface area contributed by atoms with E-state index in [0.717, 1.165) is 41.6 Å². The predicted octanol–water partition coefficient (Wildman–Crippen LogP) is 3.28. The van der Waals surface area contributed by atoms with E-state index in [4.69, 9.17) is 0 Å². The minimum Gasteiger partial charge on any atom is -0.357 e. The number of rotatable bonds is 6. The first kappa shape index (κ1) is 17.5. The minimum absolute atomic E-state index is 0.00430. The molecule has 2 saturated carbocycles. The van der Waals surface area contributed by atoms with Crippen molar-refractivity contribution < 1.29 is 4.79 Å². The quantitative estimate of drug-likeness (QED) is 0.779. The molecule has 0 aliphatic heterocycles. The van der Waals surface area contributed by atoms with Gasteiger partial charge in [0.25, 0.3) is 0 Å². The Morgan fingerprint density at radius 1 is 1.42 bits per heavy atom. The summed E-state index contributed by atoms with van der Waals surface area (Å²) in [7, 11) is 1.77. The van der Waals surface area contributed by atoms with Crippen LogP contribution in [0, 0.1) is 11.3 Å². The molecule has 2 aliphatic rings. The zero-order valence-electron chi connectivity index (χ0n) is 14.1. The number of carbonyl (C=O) groups is 1. The van der Waals surface area contributed by atoms with E-state index < -0.39 is 5.54 Å². The molecule has 3 rings (SSSR count). The molecule has 1 aromatic heterocycles. The van der Waals surface area contributed by atoms with Crippen LogP contribution >= 0.6 is 23.1 Å². The standard InChI is InChI=1S/C16H23N5OS2/c1-11(23-15-20-19-14(24-15)18-12-6-7-12)13(22)21(2)16(10-17)8-4-3-5-9-16/h11-12H,3-9H2,1-2H3,(H,18,19)/t11-/m1/s1. The Morgan fingerprint density at radius 3 is 2.75 bits per heavy atom. The molecular formula is C16H23N5OS2. The van der Waals surface area contributed by atoms with Crippen molar-refractivity contribution >= 4 is 34.1 Å². The number of thioether (sulfide) groups is 1. The van der Waals surface area contributed by atoms with E-state index in [-0.39, 0.29) is 11.2 Å². The maximum atomic E-state index is 12.8. The second-order valence-corrected chi connectivity index (χ2v) is 9.22. The molecule has 0 aromatic carbocycles. The predicted molar refractivity (Wildman–Crippen MR) is 96.1 cm³/mol. The molecule has 0 bridgehead atoms. The van der Waals surface area contributed by atoms with Gasteiger partial charge in [0.15, 0.2) is 4.34 Å². The zero-order valence-corrected chi connectivity index (χ0v) is 15.8. The van der Waals surface area contributed by atoms with Crippen molar-refractivity contribution in [2.75, 3.05) is 12.4 Å². The van der Waals surface area contributed by atoms with Gasteiger partial charge in [-0.1, -0.05) is 42.4 Å². The average Bonchev–Trinajstić information content (AvgIpc) is 3.32. The van der Waals surface area contributed by atoms with Gasteiger partial charge in [0, 0.05) is 13.1 Å². The summed E-state index contributed by atoms with van der Waals surface area (Å²) in [6.07, 6.45) is 7.11. The molecule has 0 saturated heterocycles. The summed E-state index contributed by atoms with van der Waals surface area (Å²) < 4.78 is 0.794. The van der Waals surface area contributed by atoms with E-state index in [2.05, 4.69) is 21.6 Å². The second-order valence-electron chi connectivity index (χ2n) is 6.65. The lowest BCUT2D eigenvalue weighted by molar-refractivity contribution is -0.133. The van der Waals surface area contributed by atoms with Gasteiger partial charge >= 0.3 is 0 Å². The number of hydrogen-bond donors (Lipinski definition) is 1. The van der Waals surface area contributed by atoms with E-state index in [9.17, 15) is 10.1 Å². The Kier molecular flexibility index (Phi) is 5.30. The number of anilines is 1. The van der Waals surface area contributed by atoms with Crippen molar-refractivity contribution in [1.82, 2.24) is 15.1 Å². The molecule has 1 N–H and O–H groups in total. The van der Waals surface area contributed by atoms with Crippen LogP contribution in [0.15, 0.2) is 4.34 Å². The number of hydrogen-bond acceptors (Lipinski definition) is 7. The van der Waals surface area contributed by atoms with Crippen LogP contribution < -0.4 is 5.32 Å². The van der Waals surface area contributed by atoms with Gasteiger partial charge in [-0.2, -0.15) is 5.26 Å². The summed E-state index contributed by atoms with van der Waals surface area (Å²) in [4.78, 5) is 14.5. The Balaban J connectivity index is 1.60. The summed E-state index contributed by atoms with van der Waals surface area (Å²) in [5.41, 5.74) is -0.635. The first-order valence-electron chi connectivity index (χ1n) is 8.50. The van der Waals surface area contributed by atoms with Crippen LogP contribution in [0.2, 0.25) is 0 Å². The highest BCUT2D eigenvalue weighted by atomic mass is 32.2. The van der Waals surface area contributed by atoms with Gasteiger partial charge in [0.1, 0.15) is 5.54 Å². The maximum absolute atomic E-state index is 12.8. The normalized spacial score (nSPS) is 20.9. The van der Waals surface area contributed by atoms with Crippen molar-refractivity contribution in [3.63, 3.8) is 0 Å². The molecule has 6 nitrogen and oxygen atoms in total. The molecule has 0 unspecified atom stereocenters. The summed E-state index contributed by atoms with van der Waals surface area (Å²) >= 11 is 2.92. The lowest BCUT2D eigenvalue weighted by atomic mass is 9.81. The Hall–Kier alpha value is -1.33. The minimum atomic E-state index is -0.635. The van der Waals surface area contributed by atoms with Crippen molar-refractivity contribution in [2.45, 2.75) is 73.0 Å². The summed E-state index contributed by atoms with van der Waals surface area (Å²) in [5.74, 6) is -0.00430. The molecule has 2 aliphatic carbocycles. The summed E-state index contributed by atoms with van der Waals surface area (Å²) in [5, 5.41) is 21.8. The summed E-state index contributed by atoms with van der Waals surface area (Å²) in [6, 6.07) is 2.95. The monoisotopic (exact) mass is 365 g/mol. The third kappa shape index (κ3) is 3.83. The molecule has 8 heteroatoms. The van der Waals surface area contributed by atoms with Gasteiger partial charge in [-0.05, 0) is 32.6 Å². The van der Waals surface area contributed by atoms with E-state index >= 15 is 0 Å². The van der Waals surface area contributed by atoms with Crippen LogP contribution in [0.5, 0.6) is 0 Å². The first-order chi connectivity index (χ1) is 11.5. The number of carbonyl (C=O) groups excluding carboxylic acids is 1. The molecule has 1 aromatic rings. The molecule has 2 fully saturated rings. The summed E-state index contributed by atoms with van der Waals surface area (Å²) in [6.45, 7) is 1.88. The van der Waals surface area contributed by atoms with Gasteiger partial charge < -0.3 is 10.2 Å². The first-order valence-corrected chi connectivity index (χ1v) is 10.2. The van der Waals surface area contributed by atoms with E-state index in [0.29, 0.717) is 6.04 Å². The number of nitrogens with one attached hydrogen (secondary N) is 1. The van der Waals surface area contributed by atoms with E-state index in [1.165, 1.54) is 35.9 Å². The number of aromatic nitrogens is 2. The van der Waals surface area contributed by atoms with Crippen molar-refractivity contribution in [2.24, 2.45) is 0 Å². The van der Waals surface area contributed by atoms with Crippen LogP contribution in [-0.2, 0) is 4.79 Å². The molecule has 0 spiro atoms. The number of amides is 1. The van der Waals surface area contributed by atoms with Crippen LogP contribution in [0.4, 0.5) is 5.13 Å². The molecule has 1 atom stereocenters. The van der Waals surface area contributed by atoms with Crippen molar-refractivity contribution in [3.8, 4) is 6.07 Å². The largest absolute Gasteiger partial charge is 0.357 e. The lowest BCUT2D eigenvalue weighted by Gasteiger charge is -2.39. The van der Waals surface area contributed by atoms with Gasteiger partial charge in [-0.15, -0.1) is 10.2 Å². The molecule has 0 radical (unpaired) electrons. The van der Waals surface area contributed by atoms with Gasteiger partial charge in [0.05, 0.1) is 11.3 Å². The zero-order chi connectivity index (χ0) is 17.2. The van der Waals surface area contributed by atoms with Crippen LogP contribution in [0.1, 0.15) is 51.9 Å². The fourth-order valence-corrected chi connectivity index (χ4v) is 5.13. The van der Waals surface area contributed by atoms with Gasteiger partial charge in [-0.25, -0.2) is 0 Å². The van der Waals surface area contributed by atoms with Crippen LogP contribution in [0.25, 0.3) is 0 Å². The number of nitrogens with zero attached hydrogens (tertiary/aromatic N) is 4. The third-order valence-electron chi connectivity index (χ3n) is 4.80. The Bertz CT molecular complexity index is 631. The van der Waals surface area contributed by atoms with Gasteiger partial charge in [-0.3, -0.25) is 4.79 Å².